The molecule has 3 aliphatic carbocycles. The summed E-state index contributed by atoms with van der Waals surface area (Å²) < 4.78 is 2.03. The highest BCUT2D eigenvalue weighted by atomic mass is 16.1. The minimum Gasteiger partial charge on any atom is -0.311 e. The van der Waals surface area contributed by atoms with Gasteiger partial charge >= 0.3 is 0 Å². The SMILES string of the molecule is O=C(CC1CC2CCC1C2)Nc1ccnn1C1CCCC1. The van der Waals surface area contributed by atoms with E-state index in [0.29, 0.717) is 18.4 Å². The van der Waals surface area contributed by atoms with Crippen LogP contribution in [-0.2, 0) is 4.79 Å². The molecule has 4 nitrogen and oxygen atoms in total. The van der Waals surface area contributed by atoms with Gasteiger partial charge in [0.05, 0.1) is 12.2 Å². The number of hydrogen-bond donors (Lipinski definition) is 1. The molecule has 114 valence electrons. The lowest BCUT2D eigenvalue weighted by atomic mass is 9.86. The molecule has 1 heterocycles. The second-order valence-electron chi connectivity index (χ2n) is 7.29. The maximum Gasteiger partial charge on any atom is 0.225 e. The van der Waals surface area contributed by atoms with Crippen LogP contribution in [0.3, 0.4) is 0 Å². The van der Waals surface area contributed by atoms with Crippen LogP contribution in [0.25, 0.3) is 0 Å². The molecular formula is C17H25N3O. The van der Waals surface area contributed by atoms with Crippen molar-refractivity contribution in [3.8, 4) is 0 Å². The summed E-state index contributed by atoms with van der Waals surface area (Å²) in [5.74, 6) is 3.45. The van der Waals surface area contributed by atoms with Gasteiger partial charge in [-0.15, -0.1) is 0 Å². The van der Waals surface area contributed by atoms with E-state index in [1.54, 1.807) is 0 Å². The Kier molecular flexibility index (Phi) is 3.48. The third kappa shape index (κ3) is 2.60. The summed E-state index contributed by atoms with van der Waals surface area (Å²) >= 11 is 0. The van der Waals surface area contributed by atoms with Crippen LogP contribution in [-0.4, -0.2) is 15.7 Å². The fraction of sp³-hybridized carbons (Fsp3) is 0.765. The summed E-state index contributed by atoms with van der Waals surface area (Å²) in [6.07, 6.45) is 12.9. The fourth-order valence-electron chi connectivity index (χ4n) is 4.91. The monoisotopic (exact) mass is 287 g/mol. The van der Waals surface area contributed by atoms with Crippen molar-refractivity contribution < 1.29 is 4.79 Å². The van der Waals surface area contributed by atoms with Gasteiger partial charge in [-0.3, -0.25) is 4.79 Å². The van der Waals surface area contributed by atoms with Gasteiger partial charge in [-0.05, 0) is 49.9 Å². The Morgan fingerprint density at radius 2 is 2.10 bits per heavy atom. The molecule has 21 heavy (non-hydrogen) atoms. The van der Waals surface area contributed by atoms with E-state index in [-0.39, 0.29) is 5.91 Å². The molecular weight excluding hydrogens is 262 g/mol. The molecule has 3 atom stereocenters. The zero-order valence-electron chi connectivity index (χ0n) is 12.6. The Hall–Kier alpha value is -1.32. The summed E-state index contributed by atoms with van der Waals surface area (Å²) in [6.45, 7) is 0. The molecule has 3 fully saturated rings. The molecule has 0 aromatic carbocycles. The van der Waals surface area contributed by atoms with E-state index in [0.717, 1.165) is 17.7 Å². The maximum absolute atomic E-state index is 12.4. The van der Waals surface area contributed by atoms with Gasteiger partial charge in [0.1, 0.15) is 5.82 Å². The Bertz CT molecular complexity index is 518. The van der Waals surface area contributed by atoms with Crippen LogP contribution in [0.4, 0.5) is 5.82 Å². The van der Waals surface area contributed by atoms with E-state index in [1.807, 2.05) is 16.9 Å². The molecule has 1 N–H and O–H groups in total. The standard InChI is InChI=1S/C17H25N3O/c21-17(11-14-10-12-5-6-13(14)9-12)19-16-7-8-18-20(16)15-3-1-2-4-15/h7-8,12-15H,1-6,9-11H2,(H,19,21). The summed E-state index contributed by atoms with van der Waals surface area (Å²) in [4.78, 5) is 12.4. The lowest BCUT2D eigenvalue weighted by Gasteiger charge is -2.21. The lowest BCUT2D eigenvalue weighted by Crippen LogP contribution is -2.22. The minimum atomic E-state index is 0.187. The van der Waals surface area contributed by atoms with E-state index in [2.05, 4.69) is 10.4 Å². The quantitative estimate of drug-likeness (QED) is 0.916. The van der Waals surface area contributed by atoms with Crippen LogP contribution in [0, 0.1) is 17.8 Å². The number of amides is 1. The molecule has 3 unspecified atom stereocenters. The molecule has 4 heteroatoms. The topological polar surface area (TPSA) is 46.9 Å². The van der Waals surface area contributed by atoms with E-state index in [1.165, 1.54) is 51.4 Å². The summed E-state index contributed by atoms with van der Waals surface area (Å²) in [7, 11) is 0. The Morgan fingerprint density at radius 1 is 1.24 bits per heavy atom. The van der Waals surface area contributed by atoms with Crippen molar-refractivity contribution in [1.82, 2.24) is 9.78 Å². The number of rotatable bonds is 4. The first kappa shape index (κ1) is 13.4. The van der Waals surface area contributed by atoms with Crippen LogP contribution in [0.5, 0.6) is 0 Å². The van der Waals surface area contributed by atoms with Crippen molar-refractivity contribution in [3.05, 3.63) is 12.3 Å². The Morgan fingerprint density at radius 3 is 2.81 bits per heavy atom. The molecule has 1 aromatic rings. The van der Waals surface area contributed by atoms with Crippen LogP contribution < -0.4 is 5.32 Å². The van der Waals surface area contributed by atoms with Gasteiger partial charge in [0.25, 0.3) is 0 Å². The van der Waals surface area contributed by atoms with Gasteiger partial charge in [-0.1, -0.05) is 19.3 Å². The molecule has 1 amide bonds. The summed E-state index contributed by atoms with van der Waals surface area (Å²) in [5.41, 5.74) is 0. The second kappa shape index (κ2) is 5.47. The molecule has 1 aromatic heterocycles. The molecule has 2 bridgehead atoms. The van der Waals surface area contributed by atoms with Crippen LogP contribution in [0.2, 0.25) is 0 Å². The van der Waals surface area contributed by atoms with Crippen LogP contribution in [0.1, 0.15) is 63.8 Å². The molecule has 0 aliphatic heterocycles. The van der Waals surface area contributed by atoms with Gasteiger partial charge < -0.3 is 5.32 Å². The van der Waals surface area contributed by atoms with Crippen molar-refractivity contribution in [1.29, 1.82) is 0 Å². The number of aromatic nitrogens is 2. The predicted molar refractivity (Wildman–Crippen MR) is 81.9 cm³/mol. The van der Waals surface area contributed by atoms with E-state index in [4.69, 9.17) is 0 Å². The van der Waals surface area contributed by atoms with Crippen LogP contribution in [0.15, 0.2) is 12.3 Å². The highest BCUT2D eigenvalue weighted by Gasteiger charge is 2.40. The largest absolute Gasteiger partial charge is 0.311 e. The van der Waals surface area contributed by atoms with Gasteiger partial charge in [-0.25, -0.2) is 4.68 Å². The van der Waals surface area contributed by atoms with Gasteiger partial charge in [0.15, 0.2) is 0 Å². The van der Waals surface area contributed by atoms with E-state index >= 15 is 0 Å². The van der Waals surface area contributed by atoms with E-state index < -0.39 is 0 Å². The fourth-order valence-corrected chi connectivity index (χ4v) is 4.91. The summed E-state index contributed by atoms with van der Waals surface area (Å²) in [5, 5.41) is 7.54. The van der Waals surface area contributed by atoms with Gasteiger partial charge in [0.2, 0.25) is 5.91 Å². The number of hydrogen-bond acceptors (Lipinski definition) is 2. The molecule has 3 aliphatic rings. The van der Waals surface area contributed by atoms with Crippen molar-refractivity contribution in [2.75, 3.05) is 5.32 Å². The third-order valence-corrected chi connectivity index (χ3v) is 5.94. The lowest BCUT2D eigenvalue weighted by molar-refractivity contribution is -0.117. The number of anilines is 1. The number of fused-ring (bicyclic) bond motifs is 2. The van der Waals surface area contributed by atoms with Crippen molar-refractivity contribution >= 4 is 11.7 Å². The summed E-state index contributed by atoms with van der Waals surface area (Å²) in [6, 6.07) is 2.43. The predicted octanol–water partition coefficient (Wildman–Crippen LogP) is 3.76. The molecule has 0 saturated heterocycles. The zero-order valence-corrected chi connectivity index (χ0v) is 12.6. The second-order valence-corrected chi connectivity index (χ2v) is 7.29. The van der Waals surface area contributed by atoms with Crippen molar-refractivity contribution in [3.63, 3.8) is 0 Å². The zero-order chi connectivity index (χ0) is 14.2. The van der Waals surface area contributed by atoms with E-state index in [9.17, 15) is 4.79 Å². The number of carbonyl (C=O) groups is 1. The van der Waals surface area contributed by atoms with Crippen LogP contribution >= 0.6 is 0 Å². The Balaban J connectivity index is 1.37. The normalized spacial score (nSPS) is 31.9. The van der Waals surface area contributed by atoms with Crippen molar-refractivity contribution in [2.45, 2.75) is 63.8 Å². The van der Waals surface area contributed by atoms with Gasteiger partial charge in [-0.2, -0.15) is 5.10 Å². The minimum absolute atomic E-state index is 0.187. The first-order valence-corrected chi connectivity index (χ1v) is 8.63. The number of nitrogens with zero attached hydrogens (tertiary/aromatic N) is 2. The molecule has 3 saturated carbocycles. The van der Waals surface area contributed by atoms with Crippen molar-refractivity contribution in [2.24, 2.45) is 17.8 Å². The highest BCUT2D eigenvalue weighted by Crippen LogP contribution is 2.49. The molecule has 4 rings (SSSR count). The maximum atomic E-state index is 12.4. The van der Waals surface area contributed by atoms with Gasteiger partial charge in [0, 0.05) is 12.5 Å². The first-order valence-electron chi connectivity index (χ1n) is 8.63. The average Bonchev–Trinajstić information content (AvgIpc) is 3.23. The molecule has 0 radical (unpaired) electrons. The average molecular weight is 287 g/mol. The highest BCUT2D eigenvalue weighted by molar-refractivity contribution is 5.90. The Labute approximate surface area is 126 Å². The smallest absolute Gasteiger partial charge is 0.225 e. The first-order chi connectivity index (χ1) is 10.3. The number of carbonyl (C=O) groups excluding carboxylic acids is 1. The third-order valence-electron chi connectivity index (χ3n) is 5.94. The number of nitrogens with one attached hydrogen (secondary N) is 1. The molecule has 0 spiro atoms.